The highest BCUT2D eigenvalue weighted by molar-refractivity contribution is 7.91. The van der Waals surface area contributed by atoms with Gasteiger partial charge in [-0.3, -0.25) is 0 Å². The predicted molar refractivity (Wildman–Crippen MR) is 113 cm³/mol. The van der Waals surface area contributed by atoms with Crippen molar-refractivity contribution in [3.8, 4) is 0 Å². The molecular weight excluding hydrogens is 420 g/mol. The summed E-state index contributed by atoms with van der Waals surface area (Å²) >= 11 is 0. The minimum atomic E-state index is -3.72. The van der Waals surface area contributed by atoms with Crippen LogP contribution in [-0.2, 0) is 35.4 Å². The molecule has 4 rings (SSSR count). The Labute approximate surface area is 182 Å². The van der Waals surface area contributed by atoms with E-state index >= 15 is 0 Å². The van der Waals surface area contributed by atoms with Crippen LogP contribution >= 0.6 is 0 Å². The number of aryl methyl sites for hydroxylation is 1. The van der Waals surface area contributed by atoms with Crippen LogP contribution in [0.2, 0.25) is 0 Å². The molecule has 2 aliphatic rings. The fourth-order valence-electron chi connectivity index (χ4n) is 3.93. The van der Waals surface area contributed by atoms with Crippen LogP contribution in [-0.4, -0.2) is 55.8 Å². The van der Waals surface area contributed by atoms with Crippen molar-refractivity contribution >= 4 is 9.84 Å². The zero-order valence-electron chi connectivity index (χ0n) is 17.8. The van der Waals surface area contributed by atoms with Gasteiger partial charge in [0.2, 0.25) is 0 Å². The zero-order chi connectivity index (χ0) is 22.2. The van der Waals surface area contributed by atoms with Crippen LogP contribution in [0.4, 0.5) is 0 Å². The van der Waals surface area contributed by atoms with E-state index in [0.29, 0.717) is 0 Å². The lowest BCUT2D eigenvalue weighted by molar-refractivity contribution is -0.229. The smallest absolute Gasteiger partial charge is 0.190 e. The molecule has 0 unspecified atom stereocenters. The van der Waals surface area contributed by atoms with Gasteiger partial charge in [0.05, 0.1) is 23.4 Å². The summed E-state index contributed by atoms with van der Waals surface area (Å²) < 4.78 is 49.4. The van der Waals surface area contributed by atoms with Crippen LogP contribution in [0.5, 0.6) is 0 Å². The second kappa shape index (κ2) is 8.61. The summed E-state index contributed by atoms with van der Waals surface area (Å²) in [5.74, 6) is -1.34. The van der Waals surface area contributed by atoms with Crippen molar-refractivity contribution in [3.05, 3.63) is 65.7 Å². The molecule has 2 aliphatic heterocycles. The van der Waals surface area contributed by atoms with Gasteiger partial charge in [0.25, 0.3) is 0 Å². The Balaban J connectivity index is 1.51. The average molecular weight is 449 g/mol. The van der Waals surface area contributed by atoms with Crippen molar-refractivity contribution in [2.45, 2.75) is 68.8 Å². The normalized spacial score (nSPS) is 28.4. The van der Waals surface area contributed by atoms with Gasteiger partial charge in [0.15, 0.2) is 21.9 Å². The lowest BCUT2D eigenvalue weighted by atomic mass is 10.1. The van der Waals surface area contributed by atoms with Gasteiger partial charge in [0, 0.05) is 0 Å². The number of benzene rings is 2. The van der Waals surface area contributed by atoms with Crippen LogP contribution in [0.25, 0.3) is 0 Å². The first-order valence-electron chi connectivity index (χ1n) is 10.3. The maximum atomic E-state index is 12.8. The molecule has 1 N–H and O–H groups in total. The standard InChI is InChI=1S/C23H28O7S/c1-15-9-11-17(12-10-15)31(25,26)14-18(24)19-20(27-13-16-7-5-4-6-8-16)21-22(28-19)30-23(2,3)29-21/h4-12,18-22,24H,13-14H2,1-3H3/t18-,19+,20-,21+,22+/m0/s1. The van der Waals surface area contributed by atoms with Crippen molar-refractivity contribution in [1.29, 1.82) is 0 Å². The van der Waals surface area contributed by atoms with Crippen molar-refractivity contribution in [1.82, 2.24) is 0 Å². The maximum Gasteiger partial charge on any atom is 0.190 e. The number of fused-ring (bicyclic) bond motifs is 1. The molecule has 0 aliphatic carbocycles. The number of sulfone groups is 1. The Morgan fingerprint density at radius 1 is 1.06 bits per heavy atom. The molecule has 0 saturated carbocycles. The monoisotopic (exact) mass is 448 g/mol. The molecule has 168 valence electrons. The van der Waals surface area contributed by atoms with Crippen LogP contribution in [0.15, 0.2) is 59.5 Å². The summed E-state index contributed by atoms with van der Waals surface area (Å²) in [6.45, 7) is 5.70. The summed E-state index contributed by atoms with van der Waals surface area (Å²) in [4.78, 5) is 0.158. The fraction of sp³-hybridized carbons (Fsp3) is 0.478. The van der Waals surface area contributed by atoms with E-state index in [1.807, 2.05) is 37.3 Å². The molecule has 2 aromatic rings. The van der Waals surface area contributed by atoms with Gasteiger partial charge in [-0.1, -0.05) is 48.0 Å². The minimum Gasteiger partial charge on any atom is -0.389 e. The third kappa shape index (κ3) is 5.00. The Bertz CT molecular complexity index is 988. The van der Waals surface area contributed by atoms with Crippen molar-refractivity contribution in [3.63, 3.8) is 0 Å². The number of hydrogen-bond acceptors (Lipinski definition) is 7. The lowest BCUT2D eigenvalue weighted by Crippen LogP contribution is -2.45. The molecule has 2 saturated heterocycles. The highest BCUT2D eigenvalue weighted by Crippen LogP contribution is 2.40. The summed E-state index contributed by atoms with van der Waals surface area (Å²) in [7, 11) is -3.72. The number of aliphatic hydroxyl groups excluding tert-OH is 1. The van der Waals surface area contributed by atoms with Crippen LogP contribution < -0.4 is 0 Å². The first-order valence-corrected chi connectivity index (χ1v) is 11.9. The minimum absolute atomic E-state index is 0.158. The second-order valence-electron chi connectivity index (χ2n) is 8.49. The Hall–Kier alpha value is -1.81. The van der Waals surface area contributed by atoms with E-state index in [2.05, 4.69) is 0 Å². The largest absolute Gasteiger partial charge is 0.389 e. The molecule has 0 spiro atoms. The summed E-state index contributed by atoms with van der Waals surface area (Å²) in [6, 6.07) is 16.1. The van der Waals surface area contributed by atoms with Gasteiger partial charge in [0.1, 0.15) is 18.3 Å². The van der Waals surface area contributed by atoms with Gasteiger partial charge >= 0.3 is 0 Å². The third-order valence-corrected chi connectivity index (χ3v) is 7.23. The topological polar surface area (TPSA) is 91.3 Å². The Morgan fingerprint density at radius 2 is 1.74 bits per heavy atom. The van der Waals surface area contributed by atoms with Gasteiger partial charge in [-0.15, -0.1) is 0 Å². The SMILES string of the molecule is Cc1ccc(S(=O)(=O)C[C@H](O)[C@H]2O[C@@H]3OC(C)(C)O[C@@H]3[C@H]2OCc2ccccc2)cc1. The Kier molecular flexibility index (Phi) is 6.22. The summed E-state index contributed by atoms with van der Waals surface area (Å²) in [5.41, 5.74) is 1.90. The van der Waals surface area contributed by atoms with Crippen LogP contribution in [0, 0.1) is 6.92 Å². The van der Waals surface area contributed by atoms with Gasteiger partial charge in [-0.25, -0.2) is 8.42 Å². The second-order valence-corrected chi connectivity index (χ2v) is 10.5. The zero-order valence-corrected chi connectivity index (χ0v) is 18.6. The molecule has 2 aromatic carbocycles. The first-order chi connectivity index (χ1) is 14.6. The molecule has 0 amide bonds. The van der Waals surface area contributed by atoms with E-state index in [4.69, 9.17) is 18.9 Å². The van der Waals surface area contributed by atoms with E-state index in [9.17, 15) is 13.5 Å². The van der Waals surface area contributed by atoms with Crippen molar-refractivity contribution in [2.75, 3.05) is 5.75 Å². The first kappa shape index (κ1) is 22.4. The molecule has 0 bridgehead atoms. The third-order valence-electron chi connectivity index (χ3n) is 5.46. The number of ether oxygens (including phenoxy) is 4. The van der Waals surface area contributed by atoms with E-state index in [-0.39, 0.29) is 11.5 Å². The van der Waals surface area contributed by atoms with Crippen molar-refractivity contribution in [2.24, 2.45) is 0 Å². The van der Waals surface area contributed by atoms with Gasteiger partial charge in [-0.2, -0.15) is 0 Å². The molecule has 0 aromatic heterocycles. The molecule has 0 radical (unpaired) electrons. The lowest BCUT2D eigenvalue weighted by Gasteiger charge is -2.28. The number of hydrogen-bond donors (Lipinski definition) is 1. The molecule has 2 heterocycles. The molecule has 7 nitrogen and oxygen atoms in total. The Morgan fingerprint density at radius 3 is 2.42 bits per heavy atom. The highest BCUT2D eigenvalue weighted by atomic mass is 32.2. The molecule has 5 atom stereocenters. The van der Waals surface area contributed by atoms with Crippen LogP contribution in [0.1, 0.15) is 25.0 Å². The molecule has 8 heteroatoms. The summed E-state index contributed by atoms with van der Waals surface area (Å²) in [5, 5.41) is 10.9. The van der Waals surface area contributed by atoms with E-state index in [1.165, 1.54) is 0 Å². The summed E-state index contributed by atoms with van der Waals surface area (Å²) in [6.07, 6.45) is -4.21. The highest BCUT2D eigenvalue weighted by Gasteiger charge is 2.57. The molecule has 2 fully saturated rings. The van der Waals surface area contributed by atoms with E-state index in [0.717, 1.165) is 11.1 Å². The fourth-order valence-corrected chi connectivity index (χ4v) is 5.31. The molecular formula is C23H28O7S. The van der Waals surface area contributed by atoms with E-state index < -0.39 is 52.1 Å². The van der Waals surface area contributed by atoms with Gasteiger partial charge in [-0.05, 0) is 38.5 Å². The predicted octanol–water partition coefficient (Wildman–Crippen LogP) is 2.59. The molecule has 31 heavy (non-hydrogen) atoms. The maximum absolute atomic E-state index is 12.8. The van der Waals surface area contributed by atoms with Crippen molar-refractivity contribution < 1.29 is 32.5 Å². The number of aliphatic hydroxyl groups is 1. The average Bonchev–Trinajstić information content (AvgIpc) is 3.19. The van der Waals surface area contributed by atoms with Gasteiger partial charge < -0.3 is 24.1 Å². The van der Waals surface area contributed by atoms with E-state index in [1.54, 1.807) is 38.1 Å². The quantitative estimate of drug-likeness (QED) is 0.696. The van der Waals surface area contributed by atoms with Crippen LogP contribution in [0.3, 0.4) is 0 Å². The number of rotatable bonds is 7.